The highest BCUT2D eigenvalue weighted by Crippen LogP contribution is 2.08. The molecular weight excluding hydrogens is 376 g/mol. The largest absolute Gasteiger partial charge is 0.748 e. The summed E-state index contributed by atoms with van der Waals surface area (Å²) >= 11 is 0. The summed E-state index contributed by atoms with van der Waals surface area (Å²) in [5.41, 5.74) is 1.84. The van der Waals surface area contributed by atoms with Crippen LogP contribution in [0.3, 0.4) is 0 Å². The van der Waals surface area contributed by atoms with Crippen molar-refractivity contribution in [3.05, 3.63) is 84.4 Å². The molecule has 0 aromatic heterocycles. The molecular formula is C21H28N2O4S. The Kier molecular flexibility index (Phi) is 9.58. The molecule has 0 unspecified atom stereocenters. The molecule has 1 N–H and O–H groups in total. The lowest BCUT2D eigenvalue weighted by molar-refractivity contribution is -0.902. The molecule has 152 valence electrons. The van der Waals surface area contributed by atoms with E-state index in [0.717, 1.165) is 17.6 Å². The van der Waals surface area contributed by atoms with Gasteiger partial charge < -0.3 is 14.4 Å². The van der Waals surface area contributed by atoms with Gasteiger partial charge in [0.05, 0.1) is 43.1 Å². The molecule has 0 aliphatic carbocycles. The number of nitrogens with one attached hydrogen (secondary N) is 1. The van der Waals surface area contributed by atoms with Gasteiger partial charge in [0.15, 0.2) is 0 Å². The van der Waals surface area contributed by atoms with Crippen molar-refractivity contribution in [2.24, 2.45) is 0 Å². The van der Waals surface area contributed by atoms with Crippen molar-refractivity contribution in [2.75, 3.05) is 27.2 Å². The predicted molar refractivity (Wildman–Crippen MR) is 110 cm³/mol. The van der Waals surface area contributed by atoms with Gasteiger partial charge in [-0.2, -0.15) is 0 Å². The van der Waals surface area contributed by atoms with E-state index in [1.807, 2.05) is 6.07 Å². The van der Waals surface area contributed by atoms with E-state index >= 15 is 0 Å². The second kappa shape index (κ2) is 11.4. The van der Waals surface area contributed by atoms with Gasteiger partial charge in [-0.3, -0.25) is 4.79 Å². The maximum atomic E-state index is 11.0. The average molecular weight is 405 g/mol. The number of hydrogen-bond acceptors (Lipinski definition) is 4. The van der Waals surface area contributed by atoms with Gasteiger partial charge in [-0.05, 0) is 11.6 Å². The van der Waals surface area contributed by atoms with Crippen LogP contribution >= 0.6 is 0 Å². The molecule has 0 spiro atoms. The van der Waals surface area contributed by atoms with E-state index in [2.05, 4.69) is 50.3 Å². The lowest BCUT2D eigenvalue weighted by Crippen LogP contribution is -2.44. The topological polar surface area (TPSA) is 86.3 Å². The van der Waals surface area contributed by atoms with Crippen molar-refractivity contribution in [3.8, 4) is 0 Å². The SMILES string of the molecule is C=CC(=O)NCC[N+](C)(C)Cc1ccccc1.O=S(=O)([O-])Cc1ccccc1. The van der Waals surface area contributed by atoms with Crippen LogP contribution in [0.25, 0.3) is 0 Å². The third-order valence-corrected chi connectivity index (χ3v) is 4.53. The smallest absolute Gasteiger partial charge is 0.243 e. The zero-order chi connectivity index (χ0) is 21.0. The molecule has 2 aromatic rings. The first-order valence-corrected chi connectivity index (χ1v) is 10.4. The van der Waals surface area contributed by atoms with E-state index < -0.39 is 15.9 Å². The zero-order valence-electron chi connectivity index (χ0n) is 16.4. The minimum Gasteiger partial charge on any atom is -0.748 e. The first kappa shape index (κ1) is 23.6. The number of amides is 1. The third-order valence-electron chi connectivity index (χ3n) is 3.84. The Hall–Kier alpha value is -2.48. The third kappa shape index (κ3) is 11.3. The number of rotatable bonds is 8. The molecule has 0 atom stereocenters. The fraction of sp³-hybridized carbons (Fsp3) is 0.286. The normalized spacial score (nSPS) is 11.1. The van der Waals surface area contributed by atoms with Crippen LogP contribution in [0.4, 0.5) is 0 Å². The summed E-state index contributed by atoms with van der Waals surface area (Å²) in [5.74, 6) is -0.530. The van der Waals surface area contributed by atoms with Crippen molar-refractivity contribution >= 4 is 16.0 Å². The Balaban J connectivity index is 0.000000307. The highest BCUT2D eigenvalue weighted by Gasteiger charge is 2.15. The molecule has 0 aliphatic heterocycles. The Morgan fingerprint density at radius 2 is 1.54 bits per heavy atom. The number of likely N-dealkylation sites (N-methyl/N-ethyl adjacent to an activating group) is 1. The molecule has 0 radical (unpaired) electrons. The number of quaternary nitrogens is 1. The van der Waals surface area contributed by atoms with E-state index in [1.54, 1.807) is 30.3 Å². The number of benzene rings is 2. The van der Waals surface area contributed by atoms with Crippen LogP contribution < -0.4 is 5.32 Å². The van der Waals surface area contributed by atoms with E-state index in [9.17, 15) is 17.8 Å². The van der Waals surface area contributed by atoms with E-state index in [0.29, 0.717) is 12.1 Å². The summed E-state index contributed by atoms with van der Waals surface area (Å²) in [5, 5.41) is 2.80. The monoisotopic (exact) mass is 404 g/mol. The van der Waals surface area contributed by atoms with Crippen LogP contribution in [-0.4, -0.2) is 50.5 Å². The van der Waals surface area contributed by atoms with Crippen molar-refractivity contribution in [1.29, 1.82) is 0 Å². The van der Waals surface area contributed by atoms with Gasteiger partial charge in [0.1, 0.15) is 6.54 Å². The van der Waals surface area contributed by atoms with Crippen LogP contribution in [-0.2, 0) is 27.2 Å². The van der Waals surface area contributed by atoms with Gasteiger partial charge in [0.25, 0.3) is 0 Å². The molecule has 0 fully saturated rings. The van der Waals surface area contributed by atoms with Gasteiger partial charge in [-0.1, -0.05) is 67.2 Å². The molecule has 2 aromatic carbocycles. The molecule has 0 bridgehead atoms. The Labute approximate surface area is 167 Å². The molecule has 28 heavy (non-hydrogen) atoms. The summed E-state index contributed by atoms with van der Waals surface area (Å²) in [6.45, 7) is 5.96. The zero-order valence-corrected chi connectivity index (χ0v) is 17.2. The lowest BCUT2D eigenvalue weighted by Gasteiger charge is -2.29. The maximum Gasteiger partial charge on any atom is 0.243 e. The standard InChI is InChI=1S/C14H20N2O.C7H8O3S/c1-4-14(17)15-10-11-16(2,3)12-13-8-6-5-7-9-13;8-11(9,10)6-7-4-2-1-3-5-7/h4-9H,1,10-12H2,2-3H3;1-5H,6H2,(H,8,9,10). The maximum absolute atomic E-state index is 11.0. The summed E-state index contributed by atoms with van der Waals surface area (Å²) < 4.78 is 31.6. The van der Waals surface area contributed by atoms with Crippen LogP contribution in [0.5, 0.6) is 0 Å². The second-order valence-corrected chi connectivity index (χ2v) is 8.39. The van der Waals surface area contributed by atoms with Gasteiger partial charge >= 0.3 is 0 Å². The molecule has 6 nitrogen and oxygen atoms in total. The minimum absolute atomic E-state index is 0.107. The highest BCUT2D eigenvalue weighted by atomic mass is 32.2. The van der Waals surface area contributed by atoms with Crippen molar-refractivity contribution < 1.29 is 22.2 Å². The summed E-state index contributed by atoms with van der Waals surface area (Å²) in [6, 6.07) is 18.7. The lowest BCUT2D eigenvalue weighted by atomic mass is 10.2. The summed E-state index contributed by atoms with van der Waals surface area (Å²) in [7, 11) is 0.192. The Morgan fingerprint density at radius 1 is 1.04 bits per heavy atom. The first-order valence-electron chi connectivity index (χ1n) is 8.85. The second-order valence-electron chi connectivity index (χ2n) is 6.99. The van der Waals surface area contributed by atoms with Crippen molar-refractivity contribution in [1.82, 2.24) is 5.32 Å². The van der Waals surface area contributed by atoms with Gasteiger partial charge in [0, 0.05) is 5.56 Å². The van der Waals surface area contributed by atoms with Crippen LogP contribution in [0.1, 0.15) is 11.1 Å². The van der Waals surface area contributed by atoms with Crippen molar-refractivity contribution in [3.63, 3.8) is 0 Å². The highest BCUT2D eigenvalue weighted by molar-refractivity contribution is 7.84. The van der Waals surface area contributed by atoms with Gasteiger partial charge in [-0.15, -0.1) is 0 Å². The van der Waals surface area contributed by atoms with E-state index in [4.69, 9.17) is 0 Å². The number of nitrogens with zero attached hydrogens (tertiary/aromatic N) is 1. The van der Waals surface area contributed by atoms with Crippen LogP contribution in [0, 0.1) is 0 Å². The summed E-state index contributed by atoms with van der Waals surface area (Å²) in [4.78, 5) is 11.0. The van der Waals surface area contributed by atoms with E-state index in [-0.39, 0.29) is 5.91 Å². The Bertz CT molecular complexity index is 835. The quantitative estimate of drug-likeness (QED) is 0.416. The van der Waals surface area contributed by atoms with Gasteiger partial charge in [-0.25, -0.2) is 8.42 Å². The average Bonchev–Trinajstić information content (AvgIpc) is 2.62. The predicted octanol–water partition coefficient (Wildman–Crippen LogP) is 2.30. The molecule has 7 heteroatoms. The van der Waals surface area contributed by atoms with Crippen LogP contribution in [0.2, 0.25) is 0 Å². The molecule has 0 saturated carbocycles. The first-order chi connectivity index (χ1) is 13.1. The summed E-state index contributed by atoms with van der Waals surface area (Å²) in [6.07, 6.45) is 1.30. The molecule has 2 rings (SSSR count). The minimum atomic E-state index is -4.13. The van der Waals surface area contributed by atoms with Crippen molar-refractivity contribution in [2.45, 2.75) is 12.3 Å². The number of carbonyl (C=O) groups excluding carboxylic acids is 1. The molecule has 0 heterocycles. The molecule has 1 amide bonds. The molecule has 0 saturated heterocycles. The number of hydrogen-bond donors (Lipinski definition) is 1. The number of carbonyl (C=O) groups is 1. The van der Waals surface area contributed by atoms with Crippen LogP contribution in [0.15, 0.2) is 73.3 Å². The molecule has 0 aliphatic rings. The fourth-order valence-electron chi connectivity index (χ4n) is 2.49. The van der Waals surface area contributed by atoms with Gasteiger partial charge in [0.2, 0.25) is 5.91 Å². The fourth-order valence-corrected chi connectivity index (χ4v) is 3.09. The Morgan fingerprint density at radius 3 is 2.00 bits per heavy atom. The van der Waals surface area contributed by atoms with E-state index in [1.165, 1.54) is 11.6 Å².